The molecule has 3 nitrogen and oxygen atoms in total. The number of thiazole rings is 1. The van der Waals surface area contributed by atoms with Crippen molar-refractivity contribution in [2.45, 2.75) is 18.2 Å². The van der Waals surface area contributed by atoms with Crippen molar-refractivity contribution in [2.24, 2.45) is 5.92 Å². The Morgan fingerprint density at radius 2 is 2.16 bits per heavy atom. The number of carbonyl (C=O) groups excluding carboxylic acids is 1. The van der Waals surface area contributed by atoms with Crippen LogP contribution in [0.4, 0.5) is 0 Å². The zero-order valence-electron chi connectivity index (χ0n) is 11.4. The molecular formula is C14H18N2OS2. The molecule has 0 aliphatic carbocycles. The molecule has 0 bridgehead atoms. The van der Waals surface area contributed by atoms with E-state index in [1.54, 1.807) is 16.2 Å². The number of thioether (sulfide) groups is 1. The minimum absolute atomic E-state index is 0.165. The molecule has 0 saturated carbocycles. The lowest BCUT2D eigenvalue weighted by atomic mass is 10.2. The van der Waals surface area contributed by atoms with Crippen LogP contribution in [0.25, 0.3) is 10.2 Å². The lowest BCUT2D eigenvalue weighted by molar-refractivity contribution is -0.127. The van der Waals surface area contributed by atoms with Gasteiger partial charge >= 0.3 is 0 Å². The second-order valence-electron chi connectivity index (χ2n) is 4.90. The highest BCUT2D eigenvalue weighted by atomic mass is 32.2. The first-order chi connectivity index (χ1) is 9.06. The third kappa shape index (κ3) is 3.94. The van der Waals surface area contributed by atoms with Crippen LogP contribution in [0, 0.1) is 5.92 Å². The molecule has 102 valence electrons. The topological polar surface area (TPSA) is 33.2 Å². The third-order valence-electron chi connectivity index (χ3n) is 2.66. The quantitative estimate of drug-likeness (QED) is 0.791. The van der Waals surface area contributed by atoms with E-state index < -0.39 is 0 Å². The summed E-state index contributed by atoms with van der Waals surface area (Å²) in [5.74, 6) is 1.13. The molecule has 0 aliphatic rings. The molecule has 0 fully saturated rings. The van der Waals surface area contributed by atoms with E-state index in [9.17, 15) is 4.79 Å². The Kier molecular flexibility index (Phi) is 4.82. The lowest BCUT2D eigenvalue weighted by Gasteiger charge is -2.18. The maximum absolute atomic E-state index is 11.9. The Bertz CT molecular complexity index is 532. The summed E-state index contributed by atoms with van der Waals surface area (Å²) in [4.78, 5) is 18.3. The van der Waals surface area contributed by atoms with Crippen LogP contribution in [0.2, 0.25) is 0 Å². The number of hydrogen-bond donors (Lipinski definition) is 0. The van der Waals surface area contributed by atoms with Gasteiger partial charge in [0.15, 0.2) is 4.34 Å². The fraction of sp³-hybridized carbons (Fsp3) is 0.429. The molecule has 1 heterocycles. The third-order valence-corrected chi connectivity index (χ3v) is 4.82. The molecule has 1 amide bonds. The van der Waals surface area contributed by atoms with Crippen molar-refractivity contribution in [2.75, 3.05) is 19.3 Å². The number of para-hydroxylation sites is 1. The van der Waals surface area contributed by atoms with E-state index >= 15 is 0 Å². The first kappa shape index (κ1) is 14.3. The fourth-order valence-electron chi connectivity index (χ4n) is 1.80. The molecule has 2 rings (SSSR count). The minimum atomic E-state index is 0.165. The number of amides is 1. The molecule has 5 heteroatoms. The molecule has 0 spiro atoms. The van der Waals surface area contributed by atoms with Gasteiger partial charge in [-0.2, -0.15) is 0 Å². The van der Waals surface area contributed by atoms with Crippen molar-refractivity contribution < 1.29 is 4.79 Å². The number of benzene rings is 1. The van der Waals surface area contributed by atoms with E-state index in [4.69, 9.17) is 0 Å². The summed E-state index contributed by atoms with van der Waals surface area (Å²) < 4.78 is 2.14. The van der Waals surface area contributed by atoms with Crippen LogP contribution in [0.1, 0.15) is 13.8 Å². The number of hydrogen-bond acceptors (Lipinski definition) is 4. The van der Waals surface area contributed by atoms with E-state index in [2.05, 4.69) is 24.9 Å². The number of aromatic nitrogens is 1. The summed E-state index contributed by atoms with van der Waals surface area (Å²) in [6, 6.07) is 8.06. The molecule has 0 saturated heterocycles. The van der Waals surface area contributed by atoms with Gasteiger partial charge in [0.1, 0.15) is 0 Å². The van der Waals surface area contributed by atoms with E-state index in [1.165, 1.54) is 16.5 Å². The summed E-state index contributed by atoms with van der Waals surface area (Å²) in [7, 11) is 1.86. The van der Waals surface area contributed by atoms with Gasteiger partial charge < -0.3 is 4.90 Å². The molecular weight excluding hydrogens is 276 g/mol. The van der Waals surface area contributed by atoms with E-state index in [0.717, 1.165) is 16.4 Å². The molecule has 1 aromatic heterocycles. The van der Waals surface area contributed by atoms with Gasteiger partial charge in [-0.05, 0) is 18.1 Å². The first-order valence-corrected chi connectivity index (χ1v) is 8.09. The SMILES string of the molecule is CC(C)CN(C)C(=O)CSc1nc2ccccc2s1. The maximum atomic E-state index is 11.9. The van der Waals surface area contributed by atoms with Crippen molar-refractivity contribution in [1.82, 2.24) is 9.88 Å². The predicted octanol–water partition coefficient (Wildman–Crippen LogP) is 3.50. The molecule has 1 aromatic carbocycles. The number of nitrogens with zero attached hydrogens (tertiary/aromatic N) is 2. The molecule has 19 heavy (non-hydrogen) atoms. The lowest BCUT2D eigenvalue weighted by Crippen LogP contribution is -2.31. The standard InChI is InChI=1S/C14H18N2OS2/c1-10(2)8-16(3)13(17)9-18-14-15-11-6-4-5-7-12(11)19-14/h4-7,10H,8-9H2,1-3H3. The normalized spacial score (nSPS) is 11.2. The maximum Gasteiger partial charge on any atom is 0.232 e. The van der Waals surface area contributed by atoms with Crippen LogP contribution >= 0.6 is 23.1 Å². The minimum Gasteiger partial charge on any atom is -0.345 e. The molecule has 0 aliphatic heterocycles. The molecule has 0 radical (unpaired) electrons. The van der Waals surface area contributed by atoms with Gasteiger partial charge in [-0.15, -0.1) is 11.3 Å². The summed E-state index contributed by atoms with van der Waals surface area (Å²) in [6.45, 7) is 5.04. The van der Waals surface area contributed by atoms with E-state index in [1.807, 2.05) is 25.2 Å². The molecule has 0 N–H and O–H groups in total. The van der Waals surface area contributed by atoms with Gasteiger partial charge in [0.25, 0.3) is 0 Å². The van der Waals surface area contributed by atoms with E-state index in [-0.39, 0.29) is 5.91 Å². The Morgan fingerprint density at radius 3 is 2.84 bits per heavy atom. The van der Waals surface area contributed by atoms with Crippen molar-refractivity contribution in [1.29, 1.82) is 0 Å². The summed E-state index contributed by atoms with van der Waals surface area (Å²) in [5.41, 5.74) is 1.01. The average molecular weight is 294 g/mol. The molecule has 0 unspecified atom stereocenters. The highest BCUT2D eigenvalue weighted by molar-refractivity contribution is 8.01. The number of carbonyl (C=O) groups is 1. The zero-order valence-corrected chi connectivity index (χ0v) is 13.1. The zero-order chi connectivity index (χ0) is 13.8. The van der Waals surface area contributed by atoms with Gasteiger partial charge in [0.05, 0.1) is 16.0 Å². The van der Waals surface area contributed by atoms with Crippen molar-refractivity contribution in [3.05, 3.63) is 24.3 Å². The summed E-state index contributed by atoms with van der Waals surface area (Å²) in [5, 5.41) is 0. The fourth-order valence-corrected chi connectivity index (χ4v) is 3.81. The first-order valence-electron chi connectivity index (χ1n) is 6.28. The Balaban J connectivity index is 1.93. The van der Waals surface area contributed by atoms with Crippen molar-refractivity contribution in [3.8, 4) is 0 Å². The second-order valence-corrected chi connectivity index (χ2v) is 7.16. The van der Waals surface area contributed by atoms with Crippen molar-refractivity contribution >= 4 is 39.2 Å². The van der Waals surface area contributed by atoms with Crippen LogP contribution in [0.3, 0.4) is 0 Å². The molecule has 2 aromatic rings. The average Bonchev–Trinajstić information content (AvgIpc) is 2.77. The highest BCUT2D eigenvalue weighted by Gasteiger charge is 2.12. The van der Waals surface area contributed by atoms with Gasteiger partial charge in [-0.3, -0.25) is 4.79 Å². The van der Waals surface area contributed by atoms with E-state index in [0.29, 0.717) is 11.7 Å². The highest BCUT2D eigenvalue weighted by Crippen LogP contribution is 2.29. The smallest absolute Gasteiger partial charge is 0.232 e. The molecule has 0 atom stereocenters. The second kappa shape index (κ2) is 6.39. The monoisotopic (exact) mass is 294 g/mol. The van der Waals surface area contributed by atoms with Gasteiger partial charge in [-0.1, -0.05) is 37.7 Å². The number of rotatable bonds is 5. The van der Waals surface area contributed by atoms with Crippen LogP contribution in [-0.4, -0.2) is 35.1 Å². The predicted molar refractivity (Wildman–Crippen MR) is 82.8 cm³/mol. The van der Waals surface area contributed by atoms with Crippen LogP contribution in [0.5, 0.6) is 0 Å². The van der Waals surface area contributed by atoms with Crippen molar-refractivity contribution in [3.63, 3.8) is 0 Å². The summed E-state index contributed by atoms with van der Waals surface area (Å²) >= 11 is 3.17. The van der Waals surface area contributed by atoms with Gasteiger partial charge in [0.2, 0.25) is 5.91 Å². The van der Waals surface area contributed by atoms with Gasteiger partial charge in [-0.25, -0.2) is 4.98 Å². The largest absolute Gasteiger partial charge is 0.345 e. The van der Waals surface area contributed by atoms with Gasteiger partial charge in [0, 0.05) is 13.6 Å². The Morgan fingerprint density at radius 1 is 1.42 bits per heavy atom. The number of fused-ring (bicyclic) bond motifs is 1. The van der Waals surface area contributed by atoms with Crippen LogP contribution in [0.15, 0.2) is 28.6 Å². The Hall–Kier alpha value is -1.07. The Labute approximate surface area is 122 Å². The summed E-state index contributed by atoms with van der Waals surface area (Å²) in [6.07, 6.45) is 0. The van der Waals surface area contributed by atoms with Crippen LogP contribution in [-0.2, 0) is 4.79 Å². The van der Waals surface area contributed by atoms with Crippen LogP contribution < -0.4 is 0 Å².